The molecule has 3 rings (SSSR count). The summed E-state index contributed by atoms with van der Waals surface area (Å²) in [6, 6.07) is 11.3. The minimum atomic E-state index is -0.525. The van der Waals surface area contributed by atoms with Crippen molar-refractivity contribution in [3.63, 3.8) is 0 Å². The highest BCUT2D eigenvalue weighted by molar-refractivity contribution is 6.31. The van der Waals surface area contributed by atoms with Gasteiger partial charge < -0.3 is 16.0 Å². The summed E-state index contributed by atoms with van der Waals surface area (Å²) in [7, 11) is 0. The first-order valence-electron chi connectivity index (χ1n) is 8.80. The van der Waals surface area contributed by atoms with E-state index in [9.17, 15) is 14.0 Å². The third kappa shape index (κ3) is 5.59. The van der Waals surface area contributed by atoms with Crippen LogP contribution >= 0.6 is 24.0 Å². The molecule has 28 heavy (non-hydrogen) atoms. The molecule has 1 fully saturated rings. The van der Waals surface area contributed by atoms with E-state index in [4.69, 9.17) is 17.3 Å². The number of nitrogens with two attached hydrogens (primary N) is 1. The van der Waals surface area contributed by atoms with Crippen molar-refractivity contribution in [3.05, 3.63) is 58.9 Å². The van der Waals surface area contributed by atoms with E-state index in [1.54, 1.807) is 17.0 Å². The maximum atomic E-state index is 13.2. The van der Waals surface area contributed by atoms with Gasteiger partial charge in [-0.15, -0.1) is 12.4 Å². The molecule has 0 spiro atoms. The fourth-order valence-electron chi connectivity index (χ4n) is 3.13. The lowest BCUT2D eigenvalue weighted by Crippen LogP contribution is -2.42. The Morgan fingerprint density at radius 3 is 2.39 bits per heavy atom. The van der Waals surface area contributed by atoms with E-state index in [0.717, 1.165) is 5.56 Å². The van der Waals surface area contributed by atoms with Crippen molar-refractivity contribution in [2.75, 3.05) is 24.1 Å². The second-order valence-corrected chi connectivity index (χ2v) is 7.10. The summed E-state index contributed by atoms with van der Waals surface area (Å²) >= 11 is 5.73. The Morgan fingerprint density at radius 2 is 1.79 bits per heavy atom. The Kier molecular flexibility index (Phi) is 7.66. The Bertz CT molecular complexity index is 838. The Hall–Kier alpha value is -2.31. The zero-order valence-corrected chi connectivity index (χ0v) is 16.7. The van der Waals surface area contributed by atoms with Crippen molar-refractivity contribution in [2.24, 2.45) is 5.92 Å². The summed E-state index contributed by atoms with van der Waals surface area (Å²) < 4.78 is 13.2. The average molecular weight is 426 g/mol. The van der Waals surface area contributed by atoms with Crippen LogP contribution in [-0.2, 0) is 16.0 Å². The van der Waals surface area contributed by atoms with Crippen LogP contribution in [0.1, 0.15) is 18.4 Å². The fourth-order valence-corrected chi connectivity index (χ4v) is 3.31. The van der Waals surface area contributed by atoms with E-state index < -0.39 is 5.82 Å². The van der Waals surface area contributed by atoms with Crippen molar-refractivity contribution >= 4 is 47.2 Å². The first kappa shape index (κ1) is 22.0. The predicted octanol–water partition coefficient (Wildman–Crippen LogP) is 3.90. The molecule has 3 N–H and O–H groups in total. The van der Waals surface area contributed by atoms with Gasteiger partial charge >= 0.3 is 0 Å². The lowest BCUT2D eigenvalue weighted by molar-refractivity contribution is -0.133. The topological polar surface area (TPSA) is 75.4 Å². The number of hydrogen-bond donors (Lipinski definition) is 2. The van der Waals surface area contributed by atoms with Gasteiger partial charge in [-0.05, 0) is 48.7 Å². The number of nitrogen functional groups attached to an aromatic ring is 1. The van der Waals surface area contributed by atoms with Crippen molar-refractivity contribution in [1.29, 1.82) is 0 Å². The van der Waals surface area contributed by atoms with Crippen LogP contribution in [0.4, 0.5) is 15.8 Å². The molecule has 0 aliphatic carbocycles. The molecule has 5 nitrogen and oxygen atoms in total. The molecular formula is C20H22Cl2FN3O2. The number of benzene rings is 2. The SMILES string of the molecule is Cl.Nc1ccc(CC(=O)N2CCC(C(=O)Nc3ccc(F)c(Cl)c3)CC2)cc1. The minimum absolute atomic E-state index is 0. The van der Waals surface area contributed by atoms with Crippen LogP contribution in [0.3, 0.4) is 0 Å². The lowest BCUT2D eigenvalue weighted by atomic mass is 9.95. The van der Waals surface area contributed by atoms with Crippen molar-refractivity contribution in [1.82, 2.24) is 4.90 Å². The summed E-state index contributed by atoms with van der Waals surface area (Å²) in [5, 5.41) is 2.73. The van der Waals surface area contributed by atoms with E-state index in [1.165, 1.54) is 18.2 Å². The van der Waals surface area contributed by atoms with Gasteiger partial charge in [0, 0.05) is 30.4 Å². The van der Waals surface area contributed by atoms with E-state index >= 15 is 0 Å². The zero-order chi connectivity index (χ0) is 19.4. The number of anilines is 2. The van der Waals surface area contributed by atoms with Crippen molar-refractivity contribution in [3.8, 4) is 0 Å². The van der Waals surface area contributed by atoms with Gasteiger partial charge in [0.05, 0.1) is 11.4 Å². The zero-order valence-electron chi connectivity index (χ0n) is 15.2. The highest BCUT2D eigenvalue weighted by Gasteiger charge is 2.27. The summed E-state index contributed by atoms with van der Waals surface area (Å²) in [6.07, 6.45) is 1.51. The Morgan fingerprint density at radius 1 is 1.14 bits per heavy atom. The molecule has 1 saturated heterocycles. The second kappa shape index (κ2) is 9.75. The number of rotatable bonds is 4. The molecular weight excluding hydrogens is 404 g/mol. The molecule has 1 aliphatic heterocycles. The molecule has 8 heteroatoms. The van der Waals surface area contributed by atoms with Crippen molar-refractivity contribution in [2.45, 2.75) is 19.3 Å². The first-order valence-corrected chi connectivity index (χ1v) is 9.18. The average Bonchev–Trinajstić information content (AvgIpc) is 2.66. The largest absolute Gasteiger partial charge is 0.399 e. The van der Waals surface area contributed by atoms with E-state index in [1.807, 2.05) is 12.1 Å². The van der Waals surface area contributed by atoms with Crippen LogP contribution in [0.25, 0.3) is 0 Å². The molecule has 0 unspecified atom stereocenters. The van der Waals surface area contributed by atoms with Crippen LogP contribution in [0.5, 0.6) is 0 Å². The third-order valence-electron chi connectivity index (χ3n) is 4.74. The predicted molar refractivity (Wildman–Crippen MR) is 111 cm³/mol. The fraction of sp³-hybridized carbons (Fsp3) is 0.300. The summed E-state index contributed by atoms with van der Waals surface area (Å²) in [5.41, 5.74) is 7.71. The van der Waals surface area contributed by atoms with Crippen LogP contribution < -0.4 is 11.1 Å². The van der Waals surface area contributed by atoms with Gasteiger partial charge in [0.1, 0.15) is 5.82 Å². The summed E-state index contributed by atoms with van der Waals surface area (Å²) in [6.45, 7) is 1.08. The molecule has 1 heterocycles. The molecule has 0 aromatic heterocycles. The Labute approximate surface area is 174 Å². The molecule has 1 aliphatic rings. The smallest absolute Gasteiger partial charge is 0.227 e. The number of piperidine rings is 1. The second-order valence-electron chi connectivity index (χ2n) is 6.69. The standard InChI is InChI=1S/C20H21ClFN3O2.ClH/c21-17-12-16(5-6-18(17)22)24-20(27)14-7-9-25(10-8-14)19(26)11-13-1-3-15(23)4-2-13;/h1-6,12,14H,7-11,23H2,(H,24,27);1H. The van der Waals surface area contributed by atoms with Crippen LogP contribution in [-0.4, -0.2) is 29.8 Å². The molecule has 2 amide bonds. The molecule has 150 valence electrons. The molecule has 0 radical (unpaired) electrons. The highest BCUT2D eigenvalue weighted by atomic mass is 35.5. The number of halogens is 3. The normalized spacial score (nSPS) is 14.3. The number of hydrogen-bond acceptors (Lipinski definition) is 3. The third-order valence-corrected chi connectivity index (χ3v) is 5.03. The minimum Gasteiger partial charge on any atom is -0.399 e. The number of carbonyl (C=O) groups excluding carboxylic acids is 2. The number of nitrogens with zero attached hydrogens (tertiary/aromatic N) is 1. The van der Waals surface area contributed by atoms with E-state index in [-0.39, 0.29) is 35.2 Å². The van der Waals surface area contributed by atoms with E-state index in [0.29, 0.717) is 43.7 Å². The number of nitrogens with one attached hydrogen (secondary N) is 1. The molecule has 0 saturated carbocycles. The first-order chi connectivity index (χ1) is 12.9. The quantitative estimate of drug-likeness (QED) is 0.729. The summed E-state index contributed by atoms with van der Waals surface area (Å²) in [5.74, 6) is -0.802. The van der Waals surface area contributed by atoms with Gasteiger partial charge in [-0.3, -0.25) is 9.59 Å². The van der Waals surface area contributed by atoms with E-state index in [2.05, 4.69) is 5.32 Å². The lowest BCUT2D eigenvalue weighted by Gasteiger charge is -2.31. The van der Waals surface area contributed by atoms with Gasteiger partial charge in [0.25, 0.3) is 0 Å². The molecule has 0 atom stereocenters. The Balaban J connectivity index is 0.00000280. The van der Waals surface area contributed by atoms with Gasteiger partial charge in [-0.2, -0.15) is 0 Å². The number of carbonyl (C=O) groups is 2. The molecule has 0 bridgehead atoms. The highest BCUT2D eigenvalue weighted by Crippen LogP contribution is 2.23. The molecule has 2 aromatic carbocycles. The van der Waals surface area contributed by atoms with Gasteiger partial charge in [0.2, 0.25) is 11.8 Å². The van der Waals surface area contributed by atoms with Gasteiger partial charge in [0.15, 0.2) is 0 Å². The van der Waals surface area contributed by atoms with Crippen LogP contribution in [0.2, 0.25) is 5.02 Å². The molecule has 2 aromatic rings. The van der Waals surface area contributed by atoms with Crippen LogP contribution in [0, 0.1) is 11.7 Å². The maximum absolute atomic E-state index is 13.2. The van der Waals surface area contributed by atoms with Gasteiger partial charge in [-0.1, -0.05) is 23.7 Å². The summed E-state index contributed by atoms with van der Waals surface area (Å²) in [4.78, 5) is 26.6. The number of likely N-dealkylation sites (tertiary alicyclic amines) is 1. The van der Waals surface area contributed by atoms with Gasteiger partial charge in [-0.25, -0.2) is 4.39 Å². The maximum Gasteiger partial charge on any atom is 0.227 e. The number of amides is 2. The van der Waals surface area contributed by atoms with Crippen molar-refractivity contribution < 1.29 is 14.0 Å². The monoisotopic (exact) mass is 425 g/mol. The van der Waals surface area contributed by atoms with Crippen LogP contribution in [0.15, 0.2) is 42.5 Å².